The molecule has 0 spiro atoms. The van der Waals surface area contributed by atoms with Crippen molar-refractivity contribution in [3.05, 3.63) is 58.6 Å². The van der Waals surface area contributed by atoms with Crippen LogP contribution in [0.3, 0.4) is 0 Å². The summed E-state index contributed by atoms with van der Waals surface area (Å²) in [6, 6.07) is 11.8. The second-order valence-corrected chi connectivity index (χ2v) is 8.22. The molecule has 0 aliphatic heterocycles. The summed E-state index contributed by atoms with van der Waals surface area (Å²) in [6.07, 6.45) is 0.532. The van der Waals surface area contributed by atoms with Crippen LogP contribution in [0.15, 0.2) is 46.8 Å². The lowest BCUT2D eigenvalue weighted by Gasteiger charge is -2.14. The van der Waals surface area contributed by atoms with Gasteiger partial charge in [0.15, 0.2) is 11.5 Å². The van der Waals surface area contributed by atoms with Crippen molar-refractivity contribution >= 4 is 28.0 Å². The summed E-state index contributed by atoms with van der Waals surface area (Å²) in [5, 5.41) is 3.38. The van der Waals surface area contributed by atoms with Gasteiger partial charge in [0.05, 0.1) is 7.11 Å². The number of hydrogen-bond acceptors (Lipinski definition) is 6. The van der Waals surface area contributed by atoms with E-state index in [1.165, 1.54) is 0 Å². The number of benzene rings is 2. The molecule has 2 rings (SSSR count). The van der Waals surface area contributed by atoms with Gasteiger partial charge < -0.3 is 14.8 Å². The van der Waals surface area contributed by atoms with Gasteiger partial charge in [-0.1, -0.05) is 57.2 Å². The van der Waals surface area contributed by atoms with Crippen LogP contribution in [-0.4, -0.2) is 40.6 Å². The fourth-order valence-electron chi connectivity index (χ4n) is 2.77. The van der Waals surface area contributed by atoms with Crippen LogP contribution in [0.5, 0.6) is 11.5 Å². The van der Waals surface area contributed by atoms with Crippen molar-refractivity contribution in [1.82, 2.24) is 5.32 Å². The molecule has 184 valence electrons. The first-order chi connectivity index (χ1) is 16.3. The van der Waals surface area contributed by atoms with Gasteiger partial charge in [-0.2, -0.15) is 12.8 Å². The van der Waals surface area contributed by atoms with Crippen LogP contribution in [0.1, 0.15) is 38.8 Å². The minimum atomic E-state index is -2.63. The molecule has 2 aromatic carbocycles. The first kappa shape index (κ1) is 29.0. The molecule has 0 bridgehead atoms. The van der Waals surface area contributed by atoms with Crippen LogP contribution in [0.2, 0.25) is 5.02 Å². The Morgan fingerprint density at radius 3 is 2.38 bits per heavy atom. The Labute approximate surface area is 208 Å². The van der Waals surface area contributed by atoms with Crippen molar-refractivity contribution in [1.29, 1.82) is 0 Å². The topological polar surface area (TPSA) is 94.1 Å². The molecule has 2 aromatic rings. The predicted octanol–water partition coefficient (Wildman–Crippen LogP) is 4.55. The van der Waals surface area contributed by atoms with Crippen LogP contribution < -0.4 is 14.8 Å². The van der Waals surface area contributed by atoms with Gasteiger partial charge in [0.25, 0.3) is 0 Å². The number of carbonyl (C=O) groups excluding carboxylic acids is 1. The lowest BCUT2D eigenvalue weighted by atomic mass is 10.0. The molecular weight excluding hydrogens is 476 g/mol. The second-order valence-electron chi connectivity index (χ2n) is 7.13. The number of nitrogens with one attached hydrogen (secondary N) is 1. The fraction of sp³-hybridized carbons (Fsp3) is 0.400. The molecule has 1 amide bonds. The monoisotopic (exact) mass is 506 g/mol. The average Bonchev–Trinajstić information content (AvgIpc) is 2.82. The molecule has 0 saturated carbocycles. The number of ether oxygens (including phenoxy) is 2. The number of methoxy groups -OCH3 is 1. The summed E-state index contributed by atoms with van der Waals surface area (Å²) in [6.45, 7) is 8.00. The summed E-state index contributed by atoms with van der Waals surface area (Å²) in [5.41, 5.74) is 1.77. The van der Waals surface area contributed by atoms with Gasteiger partial charge in [0.1, 0.15) is 12.6 Å². The van der Waals surface area contributed by atoms with Gasteiger partial charge in [-0.05, 0) is 54.3 Å². The van der Waals surface area contributed by atoms with Gasteiger partial charge in [0, 0.05) is 17.1 Å². The van der Waals surface area contributed by atoms with E-state index in [4.69, 9.17) is 21.1 Å². The van der Waals surface area contributed by atoms with Gasteiger partial charge in [-0.25, -0.2) is 0 Å². The summed E-state index contributed by atoms with van der Waals surface area (Å²) in [5.74, 6) is 6.40. The third kappa shape index (κ3) is 10.3. The van der Waals surface area contributed by atoms with E-state index in [1.54, 1.807) is 39.2 Å². The van der Waals surface area contributed by atoms with E-state index >= 15 is 0 Å². The van der Waals surface area contributed by atoms with Crippen LogP contribution in [0.25, 0.3) is 0 Å². The highest BCUT2D eigenvalue weighted by atomic mass is 35.5. The van der Waals surface area contributed by atoms with Crippen molar-refractivity contribution in [3.8, 4) is 23.3 Å². The third-order valence-corrected chi connectivity index (χ3v) is 5.07. The van der Waals surface area contributed by atoms with E-state index in [0.29, 0.717) is 29.5 Å². The van der Waals surface area contributed by atoms with Crippen LogP contribution in [0.4, 0.5) is 0 Å². The number of halogens is 1. The van der Waals surface area contributed by atoms with Gasteiger partial charge >= 0.3 is 10.5 Å². The molecule has 0 heterocycles. The highest BCUT2D eigenvalue weighted by Gasteiger charge is 2.21. The van der Waals surface area contributed by atoms with Crippen molar-refractivity contribution in [3.63, 3.8) is 0 Å². The predicted molar refractivity (Wildman–Crippen MR) is 135 cm³/mol. The van der Waals surface area contributed by atoms with E-state index in [9.17, 15) is 13.2 Å². The Bertz CT molecular complexity index is 1110. The Balaban J connectivity index is 0.00000281. The number of amides is 1. The molecule has 34 heavy (non-hydrogen) atoms. The molecule has 7 nitrogen and oxygen atoms in total. The van der Waals surface area contributed by atoms with E-state index in [-0.39, 0.29) is 12.5 Å². The van der Waals surface area contributed by atoms with Crippen molar-refractivity contribution in [2.45, 2.75) is 40.2 Å². The molecule has 0 saturated heterocycles. The van der Waals surface area contributed by atoms with Gasteiger partial charge in [-0.3, -0.25) is 4.79 Å². The molecule has 9 heteroatoms. The lowest BCUT2D eigenvalue weighted by Crippen LogP contribution is -2.37. The largest absolute Gasteiger partial charge is 0.493 e. The summed E-state index contributed by atoms with van der Waals surface area (Å²) in [7, 11) is -1.09. The zero-order valence-electron chi connectivity index (χ0n) is 20.1. The number of nitrogens with zero attached hydrogens (tertiary/aromatic N) is 1. The van der Waals surface area contributed by atoms with E-state index in [0.717, 1.165) is 11.1 Å². The first-order valence-electron chi connectivity index (χ1n) is 10.9. The zero-order valence-corrected chi connectivity index (χ0v) is 21.7. The summed E-state index contributed by atoms with van der Waals surface area (Å²) < 4.78 is 36.2. The van der Waals surface area contributed by atoms with Crippen LogP contribution in [-0.2, 0) is 21.7 Å². The lowest BCUT2D eigenvalue weighted by molar-refractivity contribution is -0.123. The Kier molecular flexibility index (Phi) is 13.4. The summed E-state index contributed by atoms with van der Waals surface area (Å²) >= 11 is 5.86. The number of carbonyl (C=O) groups is 1. The molecule has 1 atom stereocenters. The number of hydrogen-bond donors (Lipinski definition) is 1. The zero-order chi connectivity index (χ0) is 25.5. The van der Waals surface area contributed by atoms with Gasteiger partial charge in [-0.15, -0.1) is 0 Å². The molecular formula is C25H31ClN2O5S. The smallest absolute Gasteiger partial charge is 0.311 e. The Morgan fingerprint density at radius 2 is 1.79 bits per heavy atom. The van der Waals surface area contributed by atoms with E-state index < -0.39 is 22.4 Å². The minimum absolute atomic E-state index is 0.190. The normalized spacial score (nSPS) is 10.7. The molecule has 0 aliphatic rings. The number of rotatable bonds is 9. The second kappa shape index (κ2) is 15.8. The average molecular weight is 507 g/mol. The highest BCUT2D eigenvalue weighted by molar-refractivity contribution is 7.61. The quantitative estimate of drug-likeness (QED) is 0.503. The third-order valence-electron chi connectivity index (χ3n) is 4.42. The maximum absolute atomic E-state index is 12.2. The van der Waals surface area contributed by atoms with Gasteiger partial charge in [0.2, 0.25) is 5.91 Å². The fourth-order valence-corrected chi connectivity index (χ4v) is 3.42. The maximum Gasteiger partial charge on any atom is 0.311 e. The first-order valence-corrected chi connectivity index (χ1v) is 12.3. The van der Waals surface area contributed by atoms with E-state index in [2.05, 4.69) is 21.5 Å². The van der Waals surface area contributed by atoms with E-state index in [1.807, 2.05) is 38.1 Å². The van der Waals surface area contributed by atoms with Crippen molar-refractivity contribution in [2.75, 3.05) is 20.3 Å². The summed E-state index contributed by atoms with van der Waals surface area (Å²) in [4.78, 5) is 12.2. The van der Waals surface area contributed by atoms with Crippen molar-refractivity contribution in [2.24, 2.45) is 10.3 Å². The SMILES string of the molecule is CC.COc1cc(CCNC(=O)C(N=S(=O)=O)C(C)C)ccc1OCC#Cc1ccc(Cl)cc1. The van der Waals surface area contributed by atoms with Crippen molar-refractivity contribution < 1.29 is 22.7 Å². The maximum atomic E-state index is 12.2. The van der Waals surface area contributed by atoms with Crippen LogP contribution in [0, 0.1) is 17.8 Å². The standard InChI is InChI=1S/C23H25ClN2O5S.C2H6/c1-16(2)22(26-32(28)29)23(27)25-13-12-18-8-11-20(21(15-18)30-3)31-14-4-5-17-6-9-19(24)10-7-17;1-2/h6-11,15-16,22H,12-14H2,1-3H3,(H,25,27);1-2H3. The van der Waals surface area contributed by atoms with Crippen LogP contribution >= 0.6 is 11.6 Å². The molecule has 0 aromatic heterocycles. The molecule has 0 fully saturated rings. The molecule has 1 N–H and O–H groups in total. The highest BCUT2D eigenvalue weighted by Crippen LogP contribution is 2.28. The molecule has 1 unspecified atom stereocenters. The molecule has 0 radical (unpaired) electrons. The molecule has 0 aliphatic carbocycles. The Morgan fingerprint density at radius 1 is 1.12 bits per heavy atom. The Hall–Kier alpha value is -3.02. The minimum Gasteiger partial charge on any atom is -0.493 e.